The molecule has 0 radical (unpaired) electrons. The molecule has 0 saturated carbocycles. The Morgan fingerprint density at radius 3 is 2.90 bits per heavy atom. The van der Waals surface area contributed by atoms with E-state index >= 15 is 0 Å². The SMILES string of the molecule is COc1ccccc1CC(C)N(C)CC1COCCC1N. The number of hydrogen-bond donors (Lipinski definition) is 1. The number of para-hydroxylation sites is 1. The molecular weight excluding hydrogens is 264 g/mol. The van der Waals surface area contributed by atoms with Crippen LogP contribution in [0.2, 0.25) is 0 Å². The van der Waals surface area contributed by atoms with Crippen LogP contribution < -0.4 is 10.5 Å². The molecule has 1 aromatic carbocycles. The number of rotatable bonds is 6. The van der Waals surface area contributed by atoms with Crippen LogP contribution >= 0.6 is 0 Å². The third-order valence-electron chi connectivity index (χ3n) is 4.52. The number of ether oxygens (including phenoxy) is 2. The monoisotopic (exact) mass is 292 g/mol. The highest BCUT2D eigenvalue weighted by molar-refractivity contribution is 5.33. The summed E-state index contributed by atoms with van der Waals surface area (Å²) in [6.07, 6.45) is 1.95. The van der Waals surface area contributed by atoms with Crippen molar-refractivity contribution in [1.82, 2.24) is 4.90 Å². The number of nitrogens with zero attached hydrogens (tertiary/aromatic N) is 1. The third kappa shape index (κ3) is 4.43. The lowest BCUT2D eigenvalue weighted by atomic mass is 9.95. The molecule has 4 nitrogen and oxygen atoms in total. The Bertz CT molecular complexity index is 439. The van der Waals surface area contributed by atoms with Crippen LogP contribution in [0.5, 0.6) is 5.75 Å². The van der Waals surface area contributed by atoms with Crippen LogP contribution in [0.1, 0.15) is 18.9 Å². The van der Waals surface area contributed by atoms with Crippen LogP contribution in [0.3, 0.4) is 0 Å². The molecule has 1 heterocycles. The van der Waals surface area contributed by atoms with Gasteiger partial charge in [-0.2, -0.15) is 0 Å². The number of nitrogens with two attached hydrogens (primary N) is 1. The maximum Gasteiger partial charge on any atom is 0.122 e. The van der Waals surface area contributed by atoms with Crippen LogP contribution in [0.25, 0.3) is 0 Å². The van der Waals surface area contributed by atoms with Gasteiger partial charge in [0, 0.05) is 31.2 Å². The van der Waals surface area contributed by atoms with E-state index in [1.807, 2.05) is 12.1 Å². The fourth-order valence-corrected chi connectivity index (χ4v) is 2.90. The van der Waals surface area contributed by atoms with E-state index < -0.39 is 0 Å². The van der Waals surface area contributed by atoms with Gasteiger partial charge in [0.2, 0.25) is 0 Å². The van der Waals surface area contributed by atoms with Gasteiger partial charge < -0.3 is 20.1 Å². The first-order valence-electron chi connectivity index (χ1n) is 7.77. The standard InChI is InChI=1S/C17H28N2O2/c1-13(10-14-6-4-5-7-17(14)20-3)19(2)11-15-12-21-9-8-16(15)18/h4-7,13,15-16H,8-12,18H2,1-3H3. The normalized spacial score (nSPS) is 24.0. The predicted molar refractivity (Wildman–Crippen MR) is 85.7 cm³/mol. The highest BCUT2D eigenvalue weighted by Crippen LogP contribution is 2.21. The van der Waals surface area contributed by atoms with Gasteiger partial charge in [-0.3, -0.25) is 0 Å². The van der Waals surface area contributed by atoms with Crippen molar-refractivity contribution in [3.8, 4) is 5.75 Å². The Balaban J connectivity index is 1.91. The molecule has 0 bridgehead atoms. The summed E-state index contributed by atoms with van der Waals surface area (Å²) < 4.78 is 11.0. The minimum absolute atomic E-state index is 0.264. The Morgan fingerprint density at radius 1 is 1.43 bits per heavy atom. The second-order valence-corrected chi connectivity index (χ2v) is 6.09. The zero-order valence-corrected chi connectivity index (χ0v) is 13.4. The molecule has 4 heteroatoms. The van der Waals surface area contributed by atoms with Gasteiger partial charge >= 0.3 is 0 Å². The molecule has 0 spiro atoms. The smallest absolute Gasteiger partial charge is 0.122 e. The zero-order valence-electron chi connectivity index (χ0n) is 13.4. The van der Waals surface area contributed by atoms with Crippen molar-refractivity contribution in [3.05, 3.63) is 29.8 Å². The van der Waals surface area contributed by atoms with E-state index in [4.69, 9.17) is 15.2 Å². The quantitative estimate of drug-likeness (QED) is 0.870. The third-order valence-corrected chi connectivity index (χ3v) is 4.52. The zero-order chi connectivity index (χ0) is 15.2. The summed E-state index contributed by atoms with van der Waals surface area (Å²) in [5.41, 5.74) is 7.45. The average Bonchev–Trinajstić information content (AvgIpc) is 2.50. The lowest BCUT2D eigenvalue weighted by molar-refractivity contribution is 0.0249. The van der Waals surface area contributed by atoms with Crippen LogP contribution in [0, 0.1) is 5.92 Å². The molecule has 3 unspecified atom stereocenters. The van der Waals surface area contributed by atoms with Crippen LogP contribution in [0.15, 0.2) is 24.3 Å². The predicted octanol–water partition coefficient (Wildman–Crippen LogP) is 1.92. The molecule has 0 amide bonds. The molecule has 0 aromatic heterocycles. The van der Waals surface area contributed by atoms with Gasteiger partial charge in [-0.15, -0.1) is 0 Å². The first-order valence-corrected chi connectivity index (χ1v) is 7.77. The fraction of sp³-hybridized carbons (Fsp3) is 0.647. The van der Waals surface area contributed by atoms with Crippen molar-refractivity contribution in [2.45, 2.75) is 31.8 Å². The first-order chi connectivity index (χ1) is 10.1. The molecule has 118 valence electrons. The topological polar surface area (TPSA) is 47.7 Å². The summed E-state index contributed by atoms with van der Waals surface area (Å²) in [4.78, 5) is 2.38. The van der Waals surface area contributed by atoms with E-state index in [1.165, 1.54) is 5.56 Å². The fourth-order valence-electron chi connectivity index (χ4n) is 2.90. The summed E-state index contributed by atoms with van der Waals surface area (Å²) in [5.74, 6) is 1.40. The summed E-state index contributed by atoms with van der Waals surface area (Å²) >= 11 is 0. The van der Waals surface area contributed by atoms with Crippen molar-refractivity contribution in [2.24, 2.45) is 11.7 Å². The summed E-state index contributed by atoms with van der Waals surface area (Å²) in [5, 5.41) is 0. The molecule has 1 aliphatic rings. The lowest BCUT2D eigenvalue weighted by Crippen LogP contribution is -2.46. The number of likely N-dealkylation sites (N-methyl/N-ethyl adjacent to an activating group) is 1. The second-order valence-electron chi connectivity index (χ2n) is 6.09. The minimum atomic E-state index is 0.264. The highest BCUT2D eigenvalue weighted by Gasteiger charge is 2.25. The molecule has 0 aliphatic carbocycles. The van der Waals surface area contributed by atoms with Gasteiger partial charge in [0.05, 0.1) is 13.7 Å². The number of benzene rings is 1. The van der Waals surface area contributed by atoms with E-state index in [2.05, 4.69) is 31.0 Å². The first kappa shape index (κ1) is 16.3. The van der Waals surface area contributed by atoms with Crippen molar-refractivity contribution in [3.63, 3.8) is 0 Å². The van der Waals surface area contributed by atoms with Gasteiger partial charge in [-0.25, -0.2) is 0 Å². The summed E-state index contributed by atoms with van der Waals surface area (Å²) in [7, 11) is 3.90. The van der Waals surface area contributed by atoms with Gasteiger partial charge in [0.25, 0.3) is 0 Å². The summed E-state index contributed by atoms with van der Waals surface area (Å²) in [6, 6.07) is 8.94. The molecule has 21 heavy (non-hydrogen) atoms. The van der Waals surface area contributed by atoms with E-state index in [9.17, 15) is 0 Å². The van der Waals surface area contributed by atoms with Crippen molar-refractivity contribution in [1.29, 1.82) is 0 Å². The van der Waals surface area contributed by atoms with Crippen molar-refractivity contribution in [2.75, 3.05) is 33.9 Å². The van der Waals surface area contributed by atoms with E-state index in [0.29, 0.717) is 12.0 Å². The van der Waals surface area contributed by atoms with Gasteiger partial charge in [0.1, 0.15) is 5.75 Å². The molecule has 1 aromatic rings. The van der Waals surface area contributed by atoms with E-state index in [-0.39, 0.29) is 6.04 Å². The Labute approximate surface area is 128 Å². The molecule has 3 atom stereocenters. The van der Waals surface area contributed by atoms with Crippen molar-refractivity contribution >= 4 is 0 Å². The van der Waals surface area contributed by atoms with Gasteiger partial charge in [-0.05, 0) is 38.4 Å². The van der Waals surface area contributed by atoms with Crippen molar-refractivity contribution < 1.29 is 9.47 Å². The molecule has 1 fully saturated rings. The van der Waals surface area contributed by atoms with Crippen LogP contribution in [-0.4, -0.2) is 50.9 Å². The Morgan fingerprint density at radius 2 is 2.19 bits per heavy atom. The molecule has 2 rings (SSSR count). The highest BCUT2D eigenvalue weighted by atomic mass is 16.5. The maximum absolute atomic E-state index is 6.20. The molecule has 1 aliphatic heterocycles. The Hall–Kier alpha value is -1.10. The van der Waals surface area contributed by atoms with Crippen LogP contribution in [0.4, 0.5) is 0 Å². The summed E-state index contributed by atoms with van der Waals surface area (Å²) in [6.45, 7) is 4.82. The Kier molecular flexibility index (Phi) is 6.03. The number of hydrogen-bond acceptors (Lipinski definition) is 4. The lowest BCUT2D eigenvalue weighted by Gasteiger charge is -2.34. The second kappa shape index (κ2) is 7.78. The molecule has 2 N–H and O–H groups in total. The average molecular weight is 292 g/mol. The van der Waals surface area contributed by atoms with E-state index in [0.717, 1.165) is 38.3 Å². The van der Waals surface area contributed by atoms with Gasteiger partial charge in [-0.1, -0.05) is 18.2 Å². The number of methoxy groups -OCH3 is 1. The van der Waals surface area contributed by atoms with E-state index in [1.54, 1.807) is 7.11 Å². The maximum atomic E-state index is 6.20. The largest absolute Gasteiger partial charge is 0.496 e. The molecular formula is C17H28N2O2. The van der Waals surface area contributed by atoms with Gasteiger partial charge in [0.15, 0.2) is 0 Å². The van der Waals surface area contributed by atoms with Crippen LogP contribution in [-0.2, 0) is 11.2 Å². The minimum Gasteiger partial charge on any atom is -0.496 e. The molecule has 1 saturated heterocycles.